The normalized spacial score (nSPS) is 10.2. The largest absolute Gasteiger partial charge is 0.490 e. The number of hydrogen-bond acceptors (Lipinski definition) is 4. The maximum absolute atomic E-state index is 12.5. The molecule has 1 amide bonds. The van der Waals surface area contributed by atoms with Crippen LogP contribution in [0.4, 0.5) is 5.69 Å². The van der Waals surface area contributed by atoms with Crippen molar-refractivity contribution in [1.82, 2.24) is 5.32 Å². The highest BCUT2D eigenvalue weighted by Gasteiger charge is 2.14. The molecule has 2 N–H and O–H groups in total. The molecule has 5 nitrogen and oxygen atoms in total. The number of ether oxygens (including phenoxy) is 2. The predicted molar refractivity (Wildman–Crippen MR) is 113 cm³/mol. The highest BCUT2D eigenvalue weighted by Crippen LogP contribution is 2.20. The molecule has 0 aromatic heterocycles. The van der Waals surface area contributed by atoms with Gasteiger partial charge in [-0.25, -0.2) is 0 Å². The lowest BCUT2D eigenvalue weighted by atomic mass is 10.2. The van der Waals surface area contributed by atoms with Crippen LogP contribution in [0.25, 0.3) is 0 Å². The number of carbonyl (C=O) groups is 1. The van der Waals surface area contributed by atoms with E-state index in [4.69, 9.17) is 21.7 Å². The fourth-order valence-corrected chi connectivity index (χ4v) is 2.40. The Balaban J connectivity index is 1.95. The molecule has 2 aromatic carbocycles. The second-order valence-electron chi connectivity index (χ2n) is 6.34. The molecule has 2 rings (SSSR count). The standard InChI is InChI=1S/C21H24N2O3S/c1-14(2)13-25-17-11-9-16(10-12-17)22-21(27)23-20(24)18-7-5-6-8-19(18)26-15(3)4/h5-12,15H,1,13H2,2-4H3,(H2,22,23,24,27). The van der Waals surface area contributed by atoms with Crippen molar-refractivity contribution in [3.8, 4) is 11.5 Å². The highest BCUT2D eigenvalue weighted by molar-refractivity contribution is 7.80. The summed E-state index contributed by atoms with van der Waals surface area (Å²) in [4.78, 5) is 12.5. The fourth-order valence-electron chi connectivity index (χ4n) is 2.18. The van der Waals surface area contributed by atoms with E-state index in [1.54, 1.807) is 18.2 Å². The van der Waals surface area contributed by atoms with Gasteiger partial charge in [-0.05, 0) is 75.0 Å². The number of nitrogens with one attached hydrogen (secondary N) is 2. The summed E-state index contributed by atoms with van der Waals surface area (Å²) in [6, 6.07) is 14.3. The van der Waals surface area contributed by atoms with Crippen LogP contribution in [0, 0.1) is 0 Å². The van der Waals surface area contributed by atoms with Gasteiger partial charge in [-0.15, -0.1) is 0 Å². The molecule has 0 saturated heterocycles. The monoisotopic (exact) mass is 384 g/mol. The van der Waals surface area contributed by atoms with Gasteiger partial charge in [0.15, 0.2) is 5.11 Å². The van der Waals surface area contributed by atoms with Gasteiger partial charge in [0.05, 0.1) is 11.7 Å². The maximum atomic E-state index is 12.5. The van der Waals surface area contributed by atoms with Gasteiger partial charge in [0.25, 0.3) is 5.91 Å². The molecule has 0 aliphatic carbocycles. The summed E-state index contributed by atoms with van der Waals surface area (Å²) in [6.45, 7) is 9.99. The first-order valence-electron chi connectivity index (χ1n) is 8.60. The van der Waals surface area contributed by atoms with E-state index < -0.39 is 0 Å². The number of thiocarbonyl (C=S) groups is 1. The third kappa shape index (κ3) is 6.75. The van der Waals surface area contributed by atoms with Crippen LogP contribution in [0.5, 0.6) is 11.5 Å². The zero-order valence-electron chi connectivity index (χ0n) is 15.7. The Kier molecular flexibility index (Phi) is 7.37. The smallest absolute Gasteiger partial charge is 0.261 e. The molecule has 0 fully saturated rings. The minimum atomic E-state index is -0.329. The summed E-state index contributed by atoms with van der Waals surface area (Å²) < 4.78 is 11.2. The van der Waals surface area contributed by atoms with Crippen molar-refractivity contribution in [3.05, 3.63) is 66.2 Å². The molecule has 0 aliphatic rings. The van der Waals surface area contributed by atoms with Crippen molar-refractivity contribution in [2.24, 2.45) is 0 Å². The number of anilines is 1. The van der Waals surface area contributed by atoms with Crippen LogP contribution in [-0.4, -0.2) is 23.7 Å². The highest BCUT2D eigenvalue weighted by atomic mass is 32.1. The third-order valence-electron chi connectivity index (χ3n) is 3.32. The lowest BCUT2D eigenvalue weighted by molar-refractivity contribution is 0.0972. The fraction of sp³-hybridized carbons (Fsp3) is 0.238. The molecular formula is C21H24N2O3S. The van der Waals surface area contributed by atoms with E-state index in [1.807, 2.05) is 51.1 Å². The van der Waals surface area contributed by atoms with Gasteiger partial charge >= 0.3 is 0 Å². The summed E-state index contributed by atoms with van der Waals surface area (Å²) in [6.07, 6.45) is -0.0327. The van der Waals surface area contributed by atoms with Crippen LogP contribution in [-0.2, 0) is 0 Å². The summed E-state index contributed by atoms with van der Waals surface area (Å²) >= 11 is 5.23. The molecule has 0 radical (unpaired) electrons. The second kappa shape index (κ2) is 9.73. The van der Waals surface area contributed by atoms with Crippen molar-refractivity contribution in [1.29, 1.82) is 0 Å². The van der Waals surface area contributed by atoms with Crippen molar-refractivity contribution >= 4 is 28.9 Å². The number of carbonyl (C=O) groups excluding carboxylic acids is 1. The Bertz CT molecular complexity index is 816. The van der Waals surface area contributed by atoms with Crippen molar-refractivity contribution in [3.63, 3.8) is 0 Å². The molecular weight excluding hydrogens is 360 g/mol. The average Bonchev–Trinajstić information content (AvgIpc) is 2.61. The number of benzene rings is 2. The van der Waals surface area contributed by atoms with Crippen molar-refractivity contribution < 1.29 is 14.3 Å². The van der Waals surface area contributed by atoms with E-state index in [0.717, 1.165) is 17.0 Å². The van der Waals surface area contributed by atoms with Gasteiger partial charge < -0.3 is 14.8 Å². The van der Waals surface area contributed by atoms with Gasteiger partial charge in [-0.3, -0.25) is 10.1 Å². The van der Waals surface area contributed by atoms with Gasteiger partial charge in [-0.2, -0.15) is 0 Å². The topological polar surface area (TPSA) is 59.6 Å². The van der Waals surface area contributed by atoms with Crippen LogP contribution in [0.1, 0.15) is 31.1 Å². The Morgan fingerprint density at radius 2 is 1.81 bits per heavy atom. The molecule has 0 atom stereocenters. The third-order valence-corrected chi connectivity index (χ3v) is 3.52. The number of para-hydroxylation sites is 1. The quantitative estimate of drug-likeness (QED) is 0.541. The van der Waals surface area contributed by atoms with Crippen LogP contribution >= 0.6 is 12.2 Å². The van der Waals surface area contributed by atoms with Gasteiger partial charge in [0.1, 0.15) is 18.1 Å². The van der Waals surface area contributed by atoms with Gasteiger partial charge in [-0.1, -0.05) is 18.7 Å². The molecule has 0 bridgehead atoms. The van der Waals surface area contributed by atoms with Crippen LogP contribution < -0.4 is 20.1 Å². The lowest BCUT2D eigenvalue weighted by Crippen LogP contribution is -2.34. The second-order valence-corrected chi connectivity index (χ2v) is 6.75. The first kappa shape index (κ1) is 20.5. The molecule has 6 heteroatoms. The molecule has 0 heterocycles. The summed E-state index contributed by atoms with van der Waals surface area (Å²) in [5, 5.41) is 5.86. The van der Waals surface area contributed by atoms with E-state index in [9.17, 15) is 4.79 Å². The van der Waals surface area contributed by atoms with Gasteiger partial charge in [0, 0.05) is 5.69 Å². The molecule has 0 spiro atoms. The first-order valence-corrected chi connectivity index (χ1v) is 9.01. The maximum Gasteiger partial charge on any atom is 0.261 e. The minimum absolute atomic E-state index is 0.0327. The zero-order valence-corrected chi connectivity index (χ0v) is 16.6. The molecule has 27 heavy (non-hydrogen) atoms. The molecule has 0 unspecified atom stereocenters. The summed E-state index contributed by atoms with van der Waals surface area (Å²) in [5.41, 5.74) is 2.12. The van der Waals surface area contributed by atoms with Gasteiger partial charge in [0.2, 0.25) is 0 Å². The number of hydrogen-bond donors (Lipinski definition) is 2. The Morgan fingerprint density at radius 3 is 2.44 bits per heavy atom. The van der Waals surface area contributed by atoms with E-state index in [1.165, 1.54) is 0 Å². The first-order chi connectivity index (χ1) is 12.8. The Morgan fingerprint density at radius 1 is 1.15 bits per heavy atom. The average molecular weight is 385 g/mol. The SMILES string of the molecule is C=C(C)COc1ccc(NC(=S)NC(=O)c2ccccc2OC(C)C)cc1. The molecule has 2 aromatic rings. The number of rotatable bonds is 7. The predicted octanol–water partition coefficient (Wildman–Crippen LogP) is 4.56. The van der Waals surface area contributed by atoms with E-state index in [0.29, 0.717) is 17.9 Å². The van der Waals surface area contributed by atoms with Crippen molar-refractivity contribution in [2.45, 2.75) is 26.9 Å². The zero-order chi connectivity index (χ0) is 19.8. The molecule has 0 saturated carbocycles. The van der Waals surface area contributed by atoms with Crippen molar-refractivity contribution in [2.75, 3.05) is 11.9 Å². The summed E-state index contributed by atoms with van der Waals surface area (Å²) in [7, 11) is 0. The van der Waals surface area contributed by atoms with Crippen LogP contribution in [0.2, 0.25) is 0 Å². The van der Waals surface area contributed by atoms with E-state index in [-0.39, 0.29) is 17.1 Å². The van der Waals surface area contributed by atoms with E-state index >= 15 is 0 Å². The minimum Gasteiger partial charge on any atom is -0.490 e. The number of amides is 1. The molecule has 142 valence electrons. The Hall–Kier alpha value is -2.86. The van der Waals surface area contributed by atoms with E-state index in [2.05, 4.69) is 17.2 Å². The summed E-state index contributed by atoms with van der Waals surface area (Å²) in [5.74, 6) is 0.926. The lowest BCUT2D eigenvalue weighted by Gasteiger charge is -2.15. The molecule has 0 aliphatic heterocycles. The van der Waals surface area contributed by atoms with Crippen LogP contribution in [0.15, 0.2) is 60.7 Å². The Labute approximate surface area is 165 Å². The van der Waals surface area contributed by atoms with Crippen LogP contribution in [0.3, 0.4) is 0 Å².